The lowest BCUT2D eigenvalue weighted by Crippen LogP contribution is -2.19. The number of aryl methyl sites for hydroxylation is 1. The second-order valence-electron chi connectivity index (χ2n) is 2.73. The quantitative estimate of drug-likeness (QED) is 0.615. The van der Waals surface area contributed by atoms with Crippen molar-refractivity contribution in [3.05, 3.63) is 17.5 Å². The number of rotatable bonds is 2. The molecule has 8 heteroatoms. The second kappa shape index (κ2) is 4.23. The Morgan fingerprint density at radius 1 is 1.53 bits per heavy atom. The number of hydrogen-bond acceptors (Lipinski definition) is 2. The van der Waals surface area contributed by atoms with Crippen LogP contribution < -0.4 is 0 Å². The normalized spacial score (nSPS) is 12.2. The van der Waals surface area contributed by atoms with Crippen molar-refractivity contribution in [1.29, 1.82) is 0 Å². The molecule has 0 unspecified atom stereocenters. The summed E-state index contributed by atoms with van der Waals surface area (Å²) in [7, 11) is 1.39. The van der Waals surface area contributed by atoms with Gasteiger partial charge in [0, 0.05) is 13.2 Å². The molecule has 0 aliphatic heterocycles. The Labute approximate surface area is 98.9 Å². The van der Waals surface area contributed by atoms with Gasteiger partial charge in [0.05, 0.1) is 5.56 Å². The van der Waals surface area contributed by atoms with Crippen LogP contribution in [0.25, 0.3) is 0 Å². The molecule has 0 spiro atoms. The van der Waals surface area contributed by atoms with Gasteiger partial charge in [-0.2, -0.15) is 5.10 Å². The van der Waals surface area contributed by atoms with Crippen molar-refractivity contribution >= 4 is 40.6 Å². The smallest absolute Gasteiger partial charge is 0.282 e. The van der Waals surface area contributed by atoms with Gasteiger partial charge in [-0.15, -0.1) is 0 Å². The molecule has 1 rings (SSSR count). The van der Waals surface area contributed by atoms with Crippen LogP contribution in [0.2, 0.25) is 0 Å². The number of carbonyl (C=O) groups excluding carboxylic acids is 1. The number of alkyl halides is 5. The van der Waals surface area contributed by atoms with Crippen LogP contribution in [0.4, 0.5) is 8.78 Å². The Morgan fingerprint density at radius 3 is 2.47 bits per heavy atom. The van der Waals surface area contributed by atoms with E-state index in [0.717, 1.165) is 10.9 Å². The van der Waals surface area contributed by atoms with Crippen molar-refractivity contribution in [2.45, 2.75) is 10.2 Å². The van der Waals surface area contributed by atoms with Gasteiger partial charge in [-0.3, -0.25) is 9.48 Å². The lowest BCUT2D eigenvalue weighted by atomic mass is 10.2. The molecule has 15 heavy (non-hydrogen) atoms. The fraction of sp³-hybridized carbons (Fsp3) is 0.429. The molecule has 0 bridgehead atoms. The van der Waals surface area contributed by atoms with Crippen molar-refractivity contribution in [1.82, 2.24) is 9.78 Å². The summed E-state index contributed by atoms with van der Waals surface area (Å²) in [4.78, 5) is 11.4. The molecule has 3 nitrogen and oxygen atoms in total. The maximum absolute atomic E-state index is 12.4. The Morgan fingerprint density at radius 2 is 2.07 bits per heavy atom. The summed E-state index contributed by atoms with van der Waals surface area (Å²) in [6, 6.07) is 0. The van der Waals surface area contributed by atoms with Gasteiger partial charge in [-0.1, -0.05) is 34.8 Å². The van der Waals surface area contributed by atoms with Gasteiger partial charge in [-0.25, -0.2) is 8.78 Å². The molecule has 0 saturated carbocycles. The van der Waals surface area contributed by atoms with Crippen LogP contribution in [0.15, 0.2) is 6.20 Å². The summed E-state index contributed by atoms with van der Waals surface area (Å²) in [5.41, 5.74) is -1.07. The van der Waals surface area contributed by atoms with E-state index in [1.54, 1.807) is 0 Å². The van der Waals surface area contributed by atoms with E-state index in [9.17, 15) is 13.6 Å². The molecule has 0 fully saturated rings. The number of halogens is 5. The monoisotopic (exact) mass is 276 g/mol. The van der Waals surface area contributed by atoms with Gasteiger partial charge < -0.3 is 0 Å². The zero-order valence-corrected chi connectivity index (χ0v) is 9.61. The van der Waals surface area contributed by atoms with E-state index in [0.29, 0.717) is 0 Å². The summed E-state index contributed by atoms with van der Waals surface area (Å²) in [6.07, 6.45) is -1.80. The first kappa shape index (κ1) is 12.7. The third kappa shape index (κ3) is 2.80. The molecule has 1 aromatic rings. The van der Waals surface area contributed by atoms with Crippen LogP contribution in [-0.4, -0.2) is 19.4 Å². The summed E-state index contributed by atoms with van der Waals surface area (Å²) in [5, 5.41) is 3.41. The van der Waals surface area contributed by atoms with Crippen molar-refractivity contribution < 1.29 is 13.6 Å². The predicted octanol–water partition coefficient (Wildman–Crippen LogP) is 2.91. The zero-order valence-electron chi connectivity index (χ0n) is 7.35. The van der Waals surface area contributed by atoms with Crippen LogP contribution in [0.1, 0.15) is 22.5 Å². The first-order valence-electron chi connectivity index (χ1n) is 3.66. The van der Waals surface area contributed by atoms with E-state index >= 15 is 0 Å². The maximum Gasteiger partial charge on any atom is 0.282 e. The average Bonchev–Trinajstić information content (AvgIpc) is 2.44. The maximum atomic E-state index is 12.4. The lowest BCUT2D eigenvalue weighted by Gasteiger charge is -2.08. The largest absolute Gasteiger partial charge is 0.289 e. The van der Waals surface area contributed by atoms with Crippen LogP contribution in [0, 0.1) is 0 Å². The number of aromatic nitrogens is 2. The van der Waals surface area contributed by atoms with E-state index in [1.165, 1.54) is 7.05 Å². The van der Waals surface area contributed by atoms with Crippen molar-refractivity contribution in [3.8, 4) is 0 Å². The molecule has 0 amide bonds. The zero-order chi connectivity index (χ0) is 11.8. The molecular formula is C7H5Cl3F2N2O. The topological polar surface area (TPSA) is 34.9 Å². The molecule has 0 saturated heterocycles. The highest BCUT2D eigenvalue weighted by atomic mass is 35.6. The minimum atomic E-state index is -2.89. The predicted molar refractivity (Wildman–Crippen MR) is 52.8 cm³/mol. The van der Waals surface area contributed by atoms with E-state index in [-0.39, 0.29) is 5.56 Å². The van der Waals surface area contributed by atoms with E-state index in [2.05, 4.69) is 5.10 Å². The number of carbonyl (C=O) groups is 1. The molecule has 0 aromatic carbocycles. The minimum absolute atomic E-state index is 0.382. The molecule has 1 aromatic heterocycles. The lowest BCUT2D eigenvalue weighted by molar-refractivity contribution is 0.0981. The third-order valence-corrected chi connectivity index (χ3v) is 2.08. The molecule has 0 aliphatic rings. The van der Waals surface area contributed by atoms with Gasteiger partial charge in [0.1, 0.15) is 5.69 Å². The molecular weight excluding hydrogens is 272 g/mol. The number of ketones is 1. The van der Waals surface area contributed by atoms with Crippen molar-refractivity contribution in [3.63, 3.8) is 0 Å². The van der Waals surface area contributed by atoms with Crippen LogP contribution >= 0.6 is 34.8 Å². The Balaban J connectivity index is 3.20. The van der Waals surface area contributed by atoms with E-state index in [1.807, 2.05) is 0 Å². The number of nitrogens with zero attached hydrogens (tertiary/aromatic N) is 2. The Bertz CT molecular complexity index is 386. The number of Topliss-reactive ketones (excluding diaryl/α,β-unsaturated/α-hetero) is 1. The summed E-state index contributed by atoms with van der Waals surface area (Å²) in [5.74, 6) is -1.02. The standard InChI is InChI=1S/C7H5Cl3F2N2O/c1-14-2-3(4(13-14)6(11)12)5(15)7(8,9)10/h2,6H,1H3. The van der Waals surface area contributed by atoms with Crippen molar-refractivity contribution in [2.75, 3.05) is 0 Å². The molecule has 84 valence electrons. The first-order valence-corrected chi connectivity index (χ1v) is 4.80. The molecule has 1 heterocycles. The fourth-order valence-electron chi connectivity index (χ4n) is 0.994. The molecule has 0 aliphatic carbocycles. The highest BCUT2D eigenvalue weighted by Crippen LogP contribution is 2.33. The average molecular weight is 277 g/mol. The first-order chi connectivity index (χ1) is 6.73. The van der Waals surface area contributed by atoms with Gasteiger partial charge in [0.15, 0.2) is 0 Å². The Kier molecular flexibility index (Phi) is 3.58. The summed E-state index contributed by atoms with van der Waals surface area (Å²) in [6.45, 7) is 0. The highest BCUT2D eigenvalue weighted by Gasteiger charge is 2.36. The Hall–Kier alpha value is -0.390. The molecule has 0 radical (unpaired) electrons. The van der Waals surface area contributed by atoms with Gasteiger partial charge in [0.25, 0.3) is 10.2 Å². The van der Waals surface area contributed by atoms with Crippen LogP contribution in [0.3, 0.4) is 0 Å². The summed E-state index contributed by atoms with van der Waals surface area (Å²) < 4.78 is 23.7. The van der Waals surface area contributed by atoms with Gasteiger partial charge in [-0.05, 0) is 0 Å². The van der Waals surface area contributed by atoms with Gasteiger partial charge >= 0.3 is 0 Å². The number of hydrogen-bond donors (Lipinski definition) is 0. The van der Waals surface area contributed by atoms with Crippen LogP contribution in [0.5, 0.6) is 0 Å². The SMILES string of the molecule is Cn1cc(C(=O)C(Cl)(Cl)Cl)c(C(F)F)n1. The third-order valence-electron chi connectivity index (χ3n) is 1.57. The van der Waals surface area contributed by atoms with Gasteiger partial charge in [0.2, 0.25) is 5.78 Å². The summed E-state index contributed by atoms with van der Waals surface area (Å²) >= 11 is 15.9. The van der Waals surface area contributed by atoms with Crippen molar-refractivity contribution in [2.24, 2.45) is 7.05 Å². The highest BCUT2D eigenvalue weighted by molar-refractivity contribution is 6.77. The van der Waals surface area contributed by atoms with E-state index < -0.39 is 21.7 Å². The molecule has 0 atom stereocenters. The minimum Gasteiger partial charge on any atom is -0.289 e. The molecule has 0 N–H and O–H groups in total. The van der Waals surface area contributed by atoms with E-state index in [4.69, 9.17) is 34.8 Å². The van der Waals surface area contributed by atoms with Crippen LogP contribution in [-0.2, 0) is 7.05 Å². The fourth-order valence-corrected chi connectivity index (χ4v) is 1.30. The second-order valence-corrected chi connectivity index (χ2v) is 5.01.